The van der Waals surface area contributed by atoms with Crippen LogP contribution in [0.5, 0.6) is 0 Å². The Kier molecular flexibility index (Phi) is 2.55. The van der Waals surface area contributed by atoms with Crippen molar-refractivity contribution >= 4 is 5.69 Å². The topological polar surface area (TPSA) is 54.2 Å². The van der Waals surface area contributed by atoms with Crippen LogP contribution in [-0.2, 0) is 13.6 Å². The molecule has 1 N–H and O–H groups in total. The normalized spacial score (nSPS) is 13.0. The van der Waals surface area contributed by atoms with Crippen molar-refractivity contribution in [2.75, 3.05) is 5.06 Å². The number of anilines is 1. The first-order valence-electron chi connectivity index (χ1n) is 6.79. The Hall–Kier alpha value is -2.66. The lowest BCUT2D eigenvalue weighted by molar-refractivity contribution is 0.250. The summed E-state index contributed by atoms with van der Waals surface area (Å²) in [6.07, 6.45) is 0. The molecule has 21 heavy (non-hydrogen) atoms. The minimum Gasteiger partial charge on any atom is -0.288 e. The second kappa shape index (κ2) is 4.43. The third-order valence-electron chi connectivity index (χ3n) is 3.86. The van der Waals surface area contributed by atoms with Crippen molar-refractivity contribution in [1.82, 2.24) is 15.0 Å². The van der Waals surface area contributed by atoms with Gasteiger partial charge in [-0.2, -0.15) is 0 Å². The van der Waals surface area contributed by atoms with E-state index in [0.717, 1.165) is 33.8 Å². The summed E-state index contributed by atoms with van der Waals surface area (Å²) in [5.74, 6) is 0. The van der Waals surface area contributed by atoms with Crippen molar-refractivity contribution in [2.45, 2.75) is 6.54 Å². The van der Waals surface area contributed by atoms with Gasteiger partial charge < -0.3 is 0 Å². The van der Waals surface area contributed by atoms with E-state index in [1.54, 1.807) is 4.68 Å². The van der Waals surface area contributed by atoms with Crippen molar-refractivity contribution < 1.29 is 5.21 Å². The van der Waals surface area contributed by atoms with Gasteiger partial charge >= 0.3 is 0 Å². The third kappa shape index (κ3) is 1.75. The van der Waals surface area contributed by atoms with Crippen molar-refractivity contribution in [1.29, 1.82) is 0 Å². The van der Waals surface area contributed by atoms with Crippen LogP contribution >= 0.6 is 0 Å². The average molecular weight is 278 g/mol. The summed E-state index contributed by atoms with van der Waals surface area (Å²) in [6.45, 7) is 0.428. The Morgan fingerprint density at radius 1 is 1.00 bits per heavy atom. The number of rotatable bonds is 0. The van der Waals surface area contributed by atoms with E-state index >= 15 is 0 Å². The molecule has 1 aromatic heterocycles. The summed E-state index contributed by atoms with van der Waals surface area (Å²) < 4.78 is 1.79. The fraction of sp³-hybridized carbons (Fsp3) is 0.125. The van der Waals surface area contributed by atoms with Crippen LogP contribution in [0.15, 0.2) is 48.5 Å². The number of aryl methyl sites for hydroxylation is 1. The maximum atomic E-state index is 10.4. The maximum absolute atomic E-state index is 10.4. The van der Waals surface area contributed by atoms with Crippen LogP contribution in [0, 0.1) is 0 Å². The van der Waals surface area contributed by atoms with E-state index < -0.39 is 0 Å². The quantitative estimate of drug-likeness (QED) is 0.687. The largest absolute Gasteiger partial charge is 0.288 e. The lowest BCUT2D eigenvalue weighted by Crippen LogP contribution is -2.20. The highest BCUT2D eigenvalue weighted by molar-refractivity contribution is 5.87. The number of para-hydroxylation sites is 1. The molecule has 0 atom stereocenters. The minimum atomic E-state index is 0.428. The first-order chi connectivity index (χ1) is 10.3. The molecule has 4 rings (SSSR count). The lowest BCUT2D eigenvalue weighted by Gasteiger charge is -2.24. The molecule has 1 aliphatic rings. The van der Waals surface area contributed by atoms with Crippen molar-refractivity contribution in [3.05, 3.63) is 54.1 Å². The molecule has 0 aliphatic carbocycles. The molecule has 0 amide bonds. The zero-order valence-electron chi connectivity index (χ0n) is 11.6. The molecule has 0 radical (unpaired) electrons. The van der Waals surface area contributed by atoms with Crippen LogP contribution in [-0.4, -0.2) is 20.2 Å². The number of hydrogen-bond acceptors (Lipinski definition) is 4. The van der Waals surface area contributed by atoms with Gasteiger partial charge in [-0.25, -0.2) is 4.68 Å². The number of fused-ring (bicyclic) bond motifs is 5. The molecule has 3 aromatic rings. The van der Waals surface area contributed by atoms with E-state index in [-0.39, 0.29) is 0 Å². The standard InChI is InChI=1S/C16H14N4O/c1-19-16-12-7-3-2-6-11(12)10-20(21)14-9-5-4-8-13(14)15(16)17-18-19/h2-9,21H,10H2,1H3. The molecule has 2 heterocycles. The summed E-state index contributed by atoms with van der Waals surface area (Å²) in [7, 11) is 1.89. The highest BCUT2D eigenvalue weighted by Gasteiger charge is 2.24. The van der Waals surface area contributed by atoms with Crippen LogP contribution < -0.4 is 5.06 Å². The minimum absolute atomic E-state index is 0.428. The number of hydrogen-bond donors (Lipinski definition) is 1. The molecule has 5 heteroatoms. The SMILES string of the molecule is Cn1nnc2c1-c1ccccc1CN(O)c1ccccc1-2. The van der Waals surface area contributed by atoms with Crippen molar-refractivity contribution in [3.63, 3.8) is 0 Å². The van der Waals surface area contributed by atoms with Gasteiger partial charge in [0.25, 0.3) is 0 Å². The van der Waals surface area contributed by atoms with E-state index in [1.807, 2.05) is 55.6 Å². The Morgan fingerprint density at radius 3 is 2.57 bits per heavy atom. The molecule has 0 saturated heterocycles. The first-order valence-corrected chi connectivity index (χ1v) is 6.79. The first kappa shape index (κ1) is 12.1. The Bertz CT molecular complexity index is 825. The molecular formula is C16H14N4O. The van der Waals surface area contributed by atoms with Crippen LogP contribution in [0.2, 0.25) is 0 Å². The highest BCUT2D eigenvalue weighted by atomic mass is 16.5. The average Bonchev–Trinajstić information content (AvgIpc) is 2.88. The Balaban J connectivity index is 2.11. The Morgan fingerprint density at radius 2 is 1.71 bits per heavy atom. The molecule has 1 aliphatic heterocycles. The fourth-order valence-electron chi connectivity index (χ4n) is 2.88. The van der Waals surface area contributed by atoms with Crippen molar-refractivity contribution in [3.8, 4) is 22.5 Å². The second-order valence-electron chi connectivity index (χ2n) is 5.14. The third-order valence-corrected chi connectivity index (χ3v) is 3.86. The molecule has 0 spiro atoms. The van der Waals surface area contributed by atoms with Gasteiger partial charge in [0.15, 0.2) is 0 Å². The van der Waals surface area contributed by atoms with E-state index in [2.05, 4.69) is 10.3 Å². The second-order valence-corrected chi connectivity index (χ2v) is 5.14. The maximum Gasteiger partial charge on any atom is 0.123 e. The number of aromatic nitrogens is 3. The molecule has 0 saturated carbocycles. The summed E-state index contributed by atoms with van der Waals surface area (Å²) in [4.78, 5) is 0. The van der Waals surface area contributed by atoms with Gasteiger partial charge in [-0.1, -0.05) is 47.7 Å². The van der Waals surface area contributed by atoms with E-state index in [4.69, 9.17) is 0 Å². The van der Waals surface area contributed by atoms with Gasteiger partial charge in [0, 0.05) is 18.2 Å². The summed E-state index contributed by atoms with van der Waals surface area (Å²) >= 11 is 0. The molecule has 0 unspecified atom stereocenters. The van der Waals surface area contributed by atoms with Crippen molar-refractivity contribution in [2.24, 2.45) is 7.05 Å². The molecule has 0 fully saturated rings. The van der Waals surface area contributed by atoms with Gasteiger partial charge in [0.1, 0.15) is 5.69 Å². The van der Waals surface area contributed by atoms with Crippen LogP contribution in [0.3, 0.4) is 0 Å². The van der Waals surface area contributed by atoms with Crippen LogP contribution in [0.4, 0.5) is 5.69 Å². The lowest BCUT2D eigenvalue weighted by atomic mass is 9.96. The van der Waals surface area contributed by atoms with E-state index in [9.17, 15) is 5.21 Å². The van der Waals surface area contributed by atoms with E-state index in [1.165, 1.54) is 5.06 Å². The zero-order chi connectivity index (χ0) is 14.4. The fourth-order valence-corrected chi connectivity index (χ4v) is 2.88. The number of benzene rings is 2. The van der Waals surface area contributed by atoms with Crippen LogP contribution in [0.25, 0.3) is 22.5 Å². The number of nitrogens with zero attached hydrogens (tertiary/aromatic N) is 4. The zero-order valence-corrected chi connectivity index (χ0v) is 11.6. The summed E-state index contributed by atoms with van der Waals surface area (Å²) in [6, 6.07) is 15.7. The molecule has 5 nitrogen and oxygen atoms in total. The van der Waals surface area contributed by atoms with Gasteiger partial charge in [-0.15, -0.1) is 5.10 Å². The molecule has 104 valence electrons. The summed E-state index contributed by atoms with van der Waals surface area (Å²) in [5, 5.41) is 20.2. The van der Waals surface area contributed by atoms with Gasteiger partial charge in [0.2, 0.25) is 0 Å². The number of hydroxylamine groups is 1. The molecular weight excluding hydrogens is 264 g/mol. The smallest absolute Gasteiger partial charge is 0.123 e. The predicted octanol–water partition coefficient (Wildman–Crippen LogP) is 2.86. The molecule has 2 aromatic carbocycles. The Labute approximate surface area is 122 Å². The van der Waals surface area contributed by atoms with Gasteiger partial charge in [-0.3, -0.25) is 10.3 Å². The van der Waals surface area contributed by atoms with Gasteiger partial charge in [-0.05, 0) is 11.6 Å². The molecule has 0 bridgehead atoms. The summed E-state index contributed by atoms with van der Waals surface area (Å²) in [5.41, 5.74) is 5.49. The van der Waals surface area contributed by atoms with Gasteiger partial charge in [0.05, 0.1) is 17.9 Å². The van der Waals surface area contributed by atoms with Crippen LogP contribution in [0.1, 0.15) is 5.56 Å². The predicted molar refractivity (Wildman–Crippen MR) is 79.8 cm³/mol. The van der Waals surface area contributed by atoms with E-state index in [0.29, 0.717) is 6.54 Å². The highest BCUT2D eigenvalue weighted by Crippen LogP contribution is 2.39. The monoisotopic (exact) mass is 278 g/mol.